The third-order valence-electron chi connectivity index (χ3n) is 5.38. The lowest BCUT2D eigenvalue weighted by Crippen LogP contribution is -2.60. The van der Waals surface area contributed by atoms with E-state index in [1.807, 2.05) is 60.7 Å². The van der Waals surface area contributed by atoms with Crippen molar-refractivity contribution in [1.29, 1.82) is 0 Å². The van der Waals surface area contributed by atoms with E-state index in [2.05, 4.69) is 5.32 Å². The highest BCUT2D eigenvalue weighted by atomic mass is 16.7. The quantitative estimate of drug-likeness (QED) is 0.481. The number of ether oxygens (including phenoxy) is 1. The summed E-state index contributed by atoms with van der Waals surface area (Å²) in [5, 5.41) is 4.30. The standard InChI is InChI=1S/C25H28N2O5/c1-20(23(29)31-18-21-10-4-2-5-11-21)26-25(15-17-28)14-8-9-16-27(24(25)30)32-19-22-12-6-3-7-13-22/h2-7,10-13,15,20,26H,8-9,14,16,18-19H2,1H3/t20?,25-/m0/s1. The zero-order chi connectivity index (χ0) is 22.8. The molecule has 1 saturated heterocycles. The molecule has 1 aliphatic heterocycles. The summed E-state index contributed by atoms with van der Waals surface area (Å²) in [4.78, 5) is 43.1. The van der Waals surface area contributed by atoms with Crippen molar-refractivity contribution in [3.05, 3.63) is 77.9 Å². The molecule has 0 aliphatic carbocycles. The molecule has 32 heavy (non-hydrogen) atoms. The van der Waals surface area contributed by atoms with Crippen LogP contribution in [0.15, 0.2) is 66.7 Å². The third-order valence-corrected chi connectivity index (χ3v) is 5.38. The van der Waals surface area contributed by atoms with Crippen LogP contribution in [-0.4, -0.2) is 41.0 Å². The van der Waals surface area contributed by atoms with Crippen LogP contribution in [0.2, 0.25) is 0 Å². The van der Waals surface area contributed by atoms with E-state index >= 15 is 0 Å². The molecular weight excluding hydrogens is 408 g/mol. The van der Waals surface area contributed by atoms with E-state index in [9.17, 15) is 14.4 Å². The van der Waals surface area contributed by atoms with Crippen LogP contribution in [0.5, 0.6) is 0 Å². The number of hydrogen-bond acceptors (Lipinski definition) is 6. The minimum absolute atomic E-state index is 0.127. The van der Waals surface area contributed by atoms with Gasteiger partial charge in [-0.2, -0.15) is 0 Å². The Morgan fingerprint density at radius 3 is 2.34 bits per heavy atom. The van der Waals surface area contributed by atoms with Crippen LogP contribution in [0.3, 0.4) is 0 Å². The smallest absolute Gasteiger partial charge is 0.323 e. The average Bonchev–Trinajstić information content (AvgIpc) is 2.97. The maximum atomic E-state index is 13.4. The predicted molar refractivity (Wildman–Crippen MR) is 119 cm³/mol. The third kappa shape index (κ3) is 6.14. The Morgan fingerprint density at radius 2 is 1.72 bits per heavy atom. The molecule has 7 nitrogen and oxygen atoms in total. The Balaban J connectivity index is 1.68. The van der Waals surface area contributed by atoms with Gasteiger partial charge in [-0.05, 0) is 37.3 Å². The van der Waals surface area contributed by atoms with Gasteiger partial charge in [-0.25, -0.2) is 9.86 Å². The molecule has 1 heterocycles. The first-order valence-corrected chi connectivity index (χ1v) is 10.7. The number of nitrogens with zero attached hydrogens (tertiary/aromatic N) is 1. The number of rotatable bonds is 9. The number of esters is 1. The molecule has 2 atom stereocenters. The van der Waals surface area contributed by atoms with E-state index in [0.717, 1.165) is 17.2 Å². The van der Waals surface area contributed by atoms with Crippen LogP contribution in [0.1, 0.15) is 37.3 Å². The highest BCUT2D eigenvalue weighted by Crippen LogP contribution is 2.25. The van der Waals surface area contributed by atoms with Crippen LogP contribution in [-0.2, 0) is 37.2 Å². The predicted octanol–water partition coefficient (Wildman–Crippen LogP) is 2.98. The van der Waals surface area contributed by atoms with Crippen molar-refractivity contribution in [3.63, 3.8) is 0 Å². The Bertz CT molecular complexity index is 943. The van der Waals surface area contributed by atoms with Gasteiger partial charge in [-0.3, -0.25) is 19.7 Å². The van der Waals surface area contributed by atoms with Gasteiger partial charge >= 0.3 is 5.97 Å². The summed E-state index contributed by atoms with van der Waals surface area (Å²) in [5.74, 6) is 0.808. The molecule has 0 bridgehead atoms. The van der Waals surface area contributed by atoms with Crippen LogP contribution in [0.25, 0.3) is 0 Å². The van der Waals surface area contributed by atoms with Gasteiger partial charge in [0.2, 0.25) is 0 Å². The molecule has 168 valence electrons. The molecule has 3 rings (SSSR count). The fourth-order valence-corrected chi connectivity index (χ4v) is 3.65. The van der Waals surface area contributed by atoms with Gasteiger partial charge in [0, 0.05) is 12.6 Å². The lowest BCUT2D eigenvalue weighted by Gasteiger charge is -2.33. The number of carbonyl (C=O) groups excluding carboxylic acids is 3. The molecule has 1 amide bonds. The first-order valence-electron chi connectivity index (χ1n) is 10.7. The van der Waals surface area contributed by atoms with Gasteiger partial charge in [-0.15, -0.1) is 0 Å². The van der Waals surface area contributed by atoms with Crippen molar-refractivity contribution < 1.29 is 24.0 Å². The number of nitrogens with one attached hydrogen (secondary N) is 1. The van der Waals surface area contributed by atoms with Crippen molar-refractivity contribution in [1.82, 2.24) is 10.4 Å². The summed E-state index contributed by atoms with van der Waals surface area (Å²) >= 11 is 0. The average molecular weight is 437 g/mol. The highest BCUT2D eigenvalue weighted by Gasteiger charge is 2.43. The molecule has 0 spiro atoms. The van der Waals surface area contributed by atoms with Gasteiger partial charge in [0.25, 0.3) is 5.91 Å². The molecule has 1 aliphatic rings. The molecule has 2 aromatic rings. The Labute approximate surface area is 188 Å². The van der Waals surface area contributed by atoms with Gasteiger partial charge in [-0.1, -0.05) is 60.7 Å². The summed E-state index contributed by atoms with van der Waals surface area (Å²) in [6, 6.07) is 18.0. The molecule has 1 fully saturated rings. The summed E-state index contributed by atoms with van der Waals surface area (Å²) in [5.41, 5.74) is 0.397. The van der Waals surface area contributed by atoms with Gasteiger partial charge < -0.3 is 4.74 Å². The molecule has 7 heteroatoms. The first kappa shape index (κ1) is 23.4. The molecule has 2 aromatic carbocycles. The van der Waals surface area contributed by atoms with Crippen molar-refractivity contribution in [2.45, 2.75) is 51.0 Å². The fourth-order valence-electron chi connectivity index (χ4n) is 3.65. The lowest BCUT2D eigenvalue weighted by molar-refractivity contribution is -0.195. The Morgan fingerprint density at radius 1 is 1.09 bits per heavy atom. The molecule has 1 N–H and O–H groups in total. The number of carbonyl (C=O) groups is 2. The van der Waals surface area contributed by atoms with Crippen LogP contribution >= 0.6 is 0 Å². The van der Waals surface area contributed by atoms with Crippen LogP contribution < -0.4 is 5.32 Å². The van der Waals surface area contributed by atoms with Gasteiger partial charge in [0.1, 0.15) is 30.7 Å². The highest BCUT2D eigenvalue weighted by molar-refractivity contribution is 5.91. The Kier molecular flexibility index (Phi) is 8.34. The molecule has 0 aromatic heterocycles. The molecule has 0 saturated carbocycles. The van der Waals surface area contributed by atoms with Crippen molar-refractivity contribution in [2.24, 2.45) is 0 Å². The van der Waals surface area contributed by atoms with E-state index in [1.165, 1.54) is 5.06 Å². The largest absolute Gasteiger partial charge is 0.460 e. The lowest BCUT2D eigenvalue weighted by atomic mass is 9.91. The SMILES string of the molecule is CC(N[C@]1(C=C=O)CCCCN(OCc2ccccc2)C1=O)C(=O)OCc1ccccc1. The van der Waals surface area contributed by atoms with E-state index < -0.39 is 23.5 Å². The second kappa shape index (κ2) is 11.4. The van der Waals surface area contributed by atoms with Crippen LogP contribution in [0.4, 0.5) is 0 Å². The normalized spacial score (nSPS) is 19.5. The molecular formula is C25H28N2O5. The summed E-state index contributed by atoms with van der Waals surface area (Å²) in [6.07, 6.45) is 2.89. The number of hydrogen-bond donors (Lipinski definition) is 1. The monoisotopic (exact) mass is 436 g/mol. The zero-order valence-corrected chi connectivity index (χ0v) is 18.2. The van der Waals surface area contributed by atoms with E-state index in [-0.39, 0.29) is 13.2 Å². The maximum absolute atomic E-state index is 13.4. The fraction of sp³-hybridized carbons (Fsp3) is 0.360. The molecule has 1 unspecified atom stereocenters. The summed E-state index contributed by atoms with van der Waals surface area (Å²) in [6.45, 7) is 2.36. The van der Waals surface area contributed by atoms with Crippen LogP contribution in [0, 0.1) is 0 Å². The van der Waals surface area contributed by atoms with E-state index in [0.29, 0.717) is 25.8 Å². The minimum Gasteiger partial charge on any atom is -0.460 e. The van der Waals surface area contributed by atoms with Gasteiger partial charge in [0.05, 0.1) is 0 Å². The maximum Gasteiger partial charge on any atom is 0.323 e. The van der Waals surface area contributed by atoms with E-state index in [4.69, 9.17) is 9.57 Å². The summed E-state index contributed by atoms with van der Waals surface area (Å²) in [7, 11) is 0. The topological polar surface area (TPSA) is 84.9 Å². The second-order valence-corrected chi connectivity index (χ2v) is 7.82. The minimum atomic E-state index is -1.39. The van der Waals surface area contributed by atoms with Crippen molar-refractivity contribution in [3.8, 4) is 0 Å². The number of benzene rings is 2. The van der Waals surface area contributed by atoms with Gasteiger partial charge in [0.15, 0.2) is 0 Å². The van der Waals surface area contributed by atoms with Crippen molar-refractivity contribution in [2.75, 3.05) is 6.54 Å². The Hall–Kier alpha value is -3.25. The van der Waals surface area contributed by atoms with Crippen molar-refractivity contribution >= 4 is 17.8 Å². The first-order chi connectivity index (χ1) is 15.5. The zero-order valence-electron chi connectivity index (χ0n) is 18.2. The second-order valence-electron chi connectivity index (χ2n) is 7.82. The number of hydroxylamine groups is 2. The molecule has 0 radical (unpaired) electrons. The van der Waals surface area contributed by atoms with E-state index in [1.54, 1.807) is 12.9 Å². The number of amides is 1. The summed E-state index contributed by atoms with van der Waals surface area (Å²) < 4.78 is 5.38.